The third-order valence-corrected chi connectivity index (χ3v) is 4.74. The van der Waals surface area contributed by atoms with Gasteiger partial charge in [0.2, 0.25) is 0 Å². The Balaban J connectivity index is 2.21. The monoisotopic (exact) mass is 263 g/mol. The van der Waals surface area contributed by atoms with Gasteiger partial charge in [-0.3, -0.25) is 0 Å². The summed E-state index contributed by atoms with van der Waals surface area (Å²) in [5.74, 6) is 0. The molecule has 1 rings (SSSR count). The van der Waals surface area contributed by atoms with Crippen molar-refractivity contribution < 1.29 is 8.42 Å². The lowest BCUT2D eigenvalue weighted by atomic mass is 10.3. The van der Waals surface area contributed by atoms with Crippen molar-refractivity contribution in [3.05, 3.63) is 0 Å². The Labute approximate surface area is 105 Å². The molecule has 1 aliphatic carbocycles. The van der Waals surface area contributed by atoms with Crippen LogP contribution in [-0.2, 0) is 10.2 Å². The molecule has 0 aromatic rings. The Morgan fingerprint density at radius 2 is 2.06 bits per heavy atom. The molecule has 5 nitrogen and oxygen atoms in total. The van der Waals surface area contributed by atoms with E-state index in [0.29, 0.717) is 12.6 Å². The number of nitrogens with zero attached hydrogens (tertiary/aromatic N) is 1. The van der Waals surface area contributed by atoms with Crippen LogP contribution >= 0.6 is 0 Å². The molecule has 6 heteroatoms. The van der Waals surface area contributed by atoms with Crippen LogP contribution in [0.4, 0.5) is 0 Å². The van der Waals surface area contributed by atoms with E-state index in [9.17, 15) is 8.42 Å². The summed E-state index contributed by atoms with van der Waals surface area (Å²) >= 11 is 0. The minimum atomic E-state index is -3.30. The highest BCUT2D eigenvalue weighted by Crippen LogP contribution is 2.18. The van der Waals surface area contributed by atoms with Crippen LogP contribution < -0.4 is 10.0 Å². The first-order chi connectivity index (χ1) is 7.95. The molecule has 17 heavy (non-hydrogen) atoms. The van der Waals surface area contributed by atoms with Crippen molar-refractivity contribution in [2.45, 2.75) is 51.6 Å². The van der Waals surface area contributed by atoms with Gasteiger partial charge in [0.05, 0.1) is 0 Å². The minimum Gasteiger partial charge on any atom is -0.314 e. The first kappa shape index (κ1) is 14.9. The van der Waals surface area contributed by atoms with Gasteiger partial charge in [-0.05, 0) is 39.2 Å². The van der Waals surface area contributed by atoms with Crippen LogP contribution in [0.15, 0.2) is 0 Å². The molecule has 0 amide bonds. The maximum Gasteiger partial charge on any atom is 0.279 e. The van der Waals surface area contributed by atoms with Gasteiger partial charge in [0.15, 0.2) is 0 Å². The van der Waals surface area contributed by atoms with Gasteiger partial charge in [-0.2, -0.15) is 17.4 Å². The fraction of sp³-hybridized carbons (Fsp3) is 1.00. The summed E-state index contributed by atoms with van der Waals surface area (Å²) < 4.78 is 27.7. The van der Waals surface area contributed by atoms with Gasteiger partial charge in [0.1, 0.15) is 0 Å². The maximum atomic E-state index is 11.8. The molecule has 1 atom stereocenters. The van der Waals surface area contributed by atoms with Crippen molar-refractivity contribution in [3.8, 4) is 0 Å². The lowest BCUT2D eigenvalue weighted by Crippen LogP contribution is -2.43. The summed E-state index contributed by atoms with van der Waals surface area (Å²) in [6.45, 7) is 5.30. The first-order valence-corrected chi connectivity index (χ1v) is 7.86. The summed E-state index contributed by atoms with van der Waals surface area (Å²) in [5.41, 5.74) is 0. The largest absolute Gasteiger partial charge is 0.314 e. The van der Waals surface area contributed by atoms with E-state index in [1.165, 1.54) is 17.1 Å². The van der Waals surface area contributed by atoms with Gasteiger partial charge >= 0.3 is 0 Å². The SMILES string of the molecule is CCC(C)NS(=O)(=O)N(C)CCCNC1CC1. The van der Waals surface area contributed by atoms with E-state index in [4.69, 9.17) is 0 Å². The summed E-state index contributed by atoms with van der Waals surface area (Å²) in [4.78, 5) is 0. The Hall–Kier alpha value is -0.170. The Kier molecular flexibility index (Phi) is 5.85. The molecular formula is C11H25N3O2S. The van der Waals surface area contributed by atoms with Crippen molar-refractivity contribution in [2.75, 3.05) is 20.1 Å². The molecule has 1 saturated carbocycles. The quantitative estimate of drug-likeness (QED) is 0.602. The summed E-state index contributed by atoms with van der Waals surface area (Å²) in [7, 11) is -1.67. The fourth-order valence-electron chi connectivity index (χ4n) is 1.44. The van der Waals surface area contributed by atoms with Crippen molar-refractivity contribution in [1.82, 2.24) is 14.3 Å². The molecule has 1 aliphatic rings. The van der Waals surface area contributed by atoms with Gasteiger partial charge in [0, 0.05) is 25.7 Å². The zero-order valence-electron chi connectivity index (χ0n) is 11.1. The summed E-state index contributed by atoms with van der Waals surface area (Å²) in [6, 6.07) is 0.683. The molecule has 1 fully saturated rings. The van der Waals surface area contributed by atoms with Crippen LogP contribution in [-0.4, -0.2) is 44.9 Å². The van der Waals surface area contributed by atoms with Gasteiger partial charge < -0.3 is 5.32 Å². The van der Waals surface area contributed by atoms with Crippen molar-refractivity contribution in [3.63, 3.8) is 0 Å². The highest BCUT2D eigenvalue weighted by atomic mass is 32.2. The Bertz CT molecular complexity index is 315. The Morgan fingerprint density at radius 1 is 1.41 bits per heavy atom. The molecule has 0 aromatic carbocycles. The van der Waals surface area contributed by atoms with E-state index in [1.807, 2.05) is 13.8 Å². The van der Waals surface area contributed by atoms with E-state index in [2.05, 4.69) is 10.0 Å². The van der Waals surface area contributed by atoms with E-state index in [0.717, 1.165) is 19.4 Å². The third kappa shape index (κ3) is 5.81. The summed E-state index contributed by atoms with van der Waals surface area (Å²) in [6.07, 6.45) is 4.19. The van der Waals surface area contributed by atoms with E-state index in [-0.39, 0.29) is 6.04 Å². The Morgan fingerprint density at radius 3 is 2.59 bits per heavy atom. The average molecular weight is 263 g/mol. The van der Waals surface area contributed by atoms with Crippen LogP contribution in [0.1, 0.15) is 39.5 Å². The number of nitrogens with one attached hydrogen (secondary N) is 2. The lowest BCUT2D eigenvalue weighted by Gasteiger charge is -2.20. The van der Waals surface area contributed by atoms with Gasteiger partial charge in [-0.15, -0.1) is 0 Å². The first-order valence-electron chi connectivity index (χ1n) is 6.42. The highest BCUT2D eigenvalue weighted by molar-refractivity contribution is 7.87. The molecule has 0 bridgehead atoms. The van der Waals surface area contributed by atoms with Gasteiger partial charge in [-0.25, -0.2) is 0 Å². The second-order valence-corrected chi connectivity index (χ2v) is 6.64. The van der Waals surface area contributed by atoms with E-state index < -0.39 is 10.2 Å². The number of hydrogen-bond donors (Lipinski definition) is 2. The lowest BCUT2D eigenvalue weighted by molar-refractivity contribution is 0.436. The topological polar surface area (TPSA) is 61.4 Å². The molecular weight excluding hydrogens is 238 g/mol. The molecule has 102 valence electrons. The van der Waals surface area contributed by atoms with Crippen LogP contribution in [0.2, 0.25) is 0 Å². The molecule has 0 aromatic heterocycles. The molecule has 0 radical (unpaired) electrons. The molecule has 0 aliphatic heterocycles. The summed E-state index contributed by atoms with van der Waals surface area (Å²) in [5, 5.41) is 3.37. The van der Waals surface area contributed by atoms with Gasteiger partial charge in [-0.1, -0.05) is 6.92 Å². The standard InChI is InChI=1S/C11H25N3O2S/c1-4-10(2)13-17(15,16)14(3)9-5-8-12-11-6-7-11/h10-13H,4-9H2,1-3H3. The van der Waals surface area contributed by atoms with Crippen molar-refractivity contribution in [2.24, 2.45) is 0 Å². The van der Waals surface area contributed by atoms with Crippen LogP contribution in [0, 0.1) is 0 Å². The molecule has 0 saturated heterocycles. The van der Waals surface area contributed by atoms with E-state index >= 15 is 0 Å². The highest BCUT2D eigenvalue weighted by Gasteiger charge is 2.21. The normalized spacial score (nSPS) is 18.6. The zero-order chi connectivity index (χ0) is 12.9. The zero-order valence-corrected chi connectivity index (χ0v) is 11.9. The molecule has 1 unspecified atom stereocenters. The van der Waals surface area contributed by atoms with Crippen LogP contribution in [0.3, 0.4) is 0 Å². The van der Waals surface area contributed by atoms with E-state index in [1.54, 1.807) is 7.05 Å². The number of hydrogen-bond acceptors (Lipinski definition) is 3. The second-order valence-electron chi connectivity index (χ2n) is 4.84. The number of rotatable bonds is 9. The molecule has 0 heterocycles. The fourth-order valence-corrected chi connectivity index (χ4v) is 2.67. The maximum absolute atomic E-state index is 11.8. The van der Waals surface area contributed by atoms with Crippen molar-refractivity contribution in [1.29, 1.82) is 0 Å². The third-order valence-electron chi connectivity index (χ3n) is 3.03. The molecule has 2 N–H and O–H groups in total. The molecule has 0 spiro atoms. The van der Waals surface area contributed by atoms with Crippen LogP contribution in [0.25, 0.3) is 0 Å². The average Bonchev–Trinajstić information content (AvgIpc) is 3.07. The predicted octanol–water partition coefficient (Wildman–Crippen LogP) is 0.693. The second kappa shape index (κ2) is 6.68. The van der Waals surface area contributed by atoms with Crippen LogP contribution in [0.5, 0.6) is 0 Å². The smallest absolute Gasteiger partial charge is 0.279 e. The van der Waals surface area contributed by atoms with Gasteiger partial charge in [0.25, 0.3) is 10.2 Å². The minimum absolute atomic E-state index is 0.00737. The predicted molar refractivity (Wildman–Crippen MR) is 70.1 cm³/mol. The van der Waals surface area contributed by atoms with Crippen molar-refractivity contribution >= 4 is 10.2 Å².